The molecule has 15 heavy (non-hydrogen) atoms. The van der Waals surface area contributed by atoms with E-state index in [9.17, 15) is 14.0 Å². The average molecular weight is 212 g/mol. The SMILES string of the molecule is COC(=O)Nc1nccc(C(C)=O)c1F. The van der Waals surface area contributed by atoms with Gasteiger partial charge in [-0.25, -0.2) is 14.2 Å². The zero-order valence-electron chi connectivity index (χ0n) is 8.20. The van der Waals surface area contributed by atoms with Crippen molar-refractivity contribution in [2.75, 3.05) is 12.4 Å². The average Bonchev–Trinajstić information content (AvgIpc) is 2.20. The molecule has 0 aliphatic carbocycles. The van der Waals surface area contributed by atoms with Crippen LogP contribution in [0, 0.1) is 5.82 Å². The van der Waals surface area contributed by atoms with Crippen molar-refractivity contribution in [3.8, 4) is 0 Å². The monoisotopic (exact) mass is 212 g/mol. The van der Waals surface area contributed by atoms with Gasteiger partial charge < -0.3 is 4.74 Å². The molecule has 1 aromatic heterocycles. The summed E-state index contributed by atoms with van der Waals surface area (Å²) in [5, 5.41) is 2.06. The van der Waals surface area contributed by atoms with Crippen LogP contribution >= 0.6 is 0 Å². The van der Waals surface area contributed by atoms with Gasteiger partial charge in [0, 0.05) is 6.20 Å². The molecule has 1 amide bonds. The lowest BCUT2D eigenvalue weighted by atomic mass is 10.2. The summed E-state index contributed by atoms with van der Waals surface area (Å²) >= 11 is 0. The van der Waals surface area contributed by atoms with Crippen LogP contribution in [0.25, 0.3) is 0 Å². The summed E-state index contributed by atoms with van der Waals surface area (Å²) in [5.74, 6) is -1.63. The highest BCUT2D eigenvalue weighted by molar-refractivity contribution is 5.95. The van der Waals surface area contributed by atoms with E-state index in [-0.39, 0.29) is 11.4 Å². The van der Waals surface area contributed by atoms with Crippen LogP contribution in [0.15, 0.2) is 12.3 Å². The van der Waals surface area contributed by atoms with Crippen LogP contribution in [0.5, 0.6) is 0 Å². The van der Waals surface area contributed by atoms with Gasteiger partial charge in [0.1, 0.15) is 0 Å². The third kappa shape index (κ3) is 2.49. The van der Waals surface area contributed by atoms with Crippen molar-refractivity contribution in [1.29, 1.82) is 0 Å². The number of methoxy groups -OCH3 is 1. The molecule has 1 aromatic rings. The van der Waals surface area contributed by atoms with Crippen molar-refractivity contribution in [3.05, 3.63) is 23.6 Å². The predicted octanol–water partition coefficient (Wildman–Crippen LogP) is 1.60. The maximum absolute atomic E-state index is 13.5. The summed E-state index contributed by atoms with van der Waals surface area (Å²) in [5.41, 5.74) is -0.128. The number of Topliss-reactive ketones (excluding diaryl/α,β-unsaturated/α-hetero) is 1. The molecular weight excluding hydrogens is 203 g/mol. The number of amides is 1. The van der Waals surface area contributed by atoms with E-state index in [4.69, 9.17) is 0 Å². The number of anilines is 1. The molecule has 5 nitrogen and oxygen atoms in total. The Morgan fingerprint density at radius 3 is 2.73 bits per heavy atom. The highest BCUT2D eigenvalue weighted by Crippen LogP contribution is 2.15. The lowest BCUT2D eigenvalue weighted by Crippen LogP contribution is -2.14. The Bertz CT molecular complexity index is 406. The number of pyridine rings is 1. The van der Waals surface area contributed by atoms with E-state index in [0.29, 0.717) is 0 Å². The highest BCUT2D eigenvalue weighted by atomic mass is 19.1. The number of rotatable bonds is 2. The second-order valence-electron chi connectivity index (χ2n) is 2.69. The van der Waals surface area contributed by atoms with Crippen molar-refractivity contribution >= 4 is 17.7 Å². The van der Waals surface area contributed by atoms with Crippen molar-refractivity contribution < 1.29 is 18.7 Å². The van der Waals surface area contributed by atoms with Gasteiger partial charge in [0.05, 0.1) is 12.7 Å². The Kier molecular flexibility index (Phi) is 3.33. The van der Waals surface area contributed by atoms with Crippen molar-refractivity contribution in [1.82, 2.24) is 4.98 Å². The van der Waals surface area contributed by atoms with Gasteiger partial charge in [-0.1, -0.05) is 0 Å². The maximum atomic E-state index is 13.5. The van der Waals surface area contributed by atoms with E-state index >= 15 is 0 Å². The number of carbonyl (C=O) groups is 2. The van der Waals surface area contributed by atoms with Gasteiger partial charge in [-0.3, -0.25) is 10.1 Å². The summed E-state index contributed by atoms with van der Waals surface area (Å²) in [6.07, 6.45) is 0.382. The minimum absolute atomic E-state index is 0.128. The predicted molar refractivity (Wildman–Crippen MR) is 50.2 cm³/mol. The van der Waals surface area contributed by atoms with Gasteiger partial charge in [-0.05, 0) is 13.0 Å². The second kappa shape index (κ2) is 4.50. The summed E-state index contributed by atoms with van der Waals surface area (Å²) in [6, 6.07) is 1.24. The first-order valence-corrected chi connectivity index (χ1v) is 4.06. The lowest BCUT2D eigenvalue weighted by molar-refractivity contribution is 0.101. The van der Waals surface area contributed by atoms with Crippen molar-refractivity contribution in [2.45, 2.75) is 6.92 Å². The third-order valence-electron chi connectivity index (χ3n) is 1.67. The quantitative estimate of drug-likeness (QED) is 0.756. The first-order valence-electron chi connectivity index (χ1n) is 4.06. The minimum Gasteiger partial charge on any atom is -0.453 e. The summed E-state index contributed by atoms with van der Waals surface area (Å²) in [4.78, 5) is 25.3. The van der Waals surface area contributed by atoms with Crippen LogP contribution in [-0.4, -0.2) is 24.0 Å². The van der Waals surface area contributed by atoms with Crippen LogP contribution in [0.2, 0.25) is 0 Å². The van der Waals surface area contributed by atoms with E-state index in [2.05, 4.69) is 15.0 Å². The highest BCUT2D eigenvalue weighted by Gasteiger charge is 2.14. The zero-order chi connectivity index (χ0) is 11.4. The molecule has 0 aliphatic rings. The molecule has 1 heterocycles. The number of halogens is 1. The summed E-state index contributed by atoms with van der Waals surface area (Å²) in [7, 11) is 1.14. The van der Waals surface area contributed by atoms with Crippen LogP contribution < -0.4 is 5.32 Å². The topological polar surface area (TPSA) is 68.3 Å². The molecule has 0 saturated heterocycles. The summed E-state index contributed by atoms with van der Waals surface area (Å²) in [6.45, 7) is 1.22. The molecule has 80 valence electrons. The Balaban J connectivity index is 3.04. The van der Waals surface area contributed by atoms with Crippen LogP contribution in [-0.2, 0) is 4.74 Å². The van der Waals surface area contributed by atoms with Crippen molar-refractivity contribution in [2.24, 2.45) is 0 Å². The van der Waals surface area contributed by atoms with E-state index < -0.39 is 17.7 Å². The van der Waals surface area contributed by atoms with E-state index in [1.165, 1.54) is 19.2 Å². The molecule has 1 rings (SSSR count). The fourth-order valence-electron chi connectivity index (χ4n) is 0.950. The number of hydrogen-bond donors (Lipinski definition) is 1. The standard InChI is InChI=1S/C9H9FN2O3/c1-5(13)6-3-4-11-8(7(6)10)12-9(14)15-2/h3-4H,1-2H3,(H,11,12,14). The Morgan fingerprint density at radius 2 is 2.20 bits per heavy atom. The lowest BCUT2D eigenvalue weighted by Gasteiger charge is -2.05. The molecule has 0 unspecified atom stereocenters. The maximum Gasteiger partial charge on any atom is 0.412 e. The van der Waals surface area contributed by atoms with E-state index in [1.807, 2.05) is 0 Å². The number of ketones is 1. The molecule has 0 atom stereocenters. The number of hydrogen-bond acceptors (Lipinski definition) is 4. The molecule has 0 fully saturated rings. The molecule has 6 heteroatoms. The molecule has 0 aliphatic heterocycles. The molecule has 0 spiro atoms. The largest absolute Gasteiger partial charge is 0.453 e. The first-order chi connectivity index (χ1) is 7.06. The van der Waals surface area contributed by atoms with E-state index in [1.54, 1.807) is 0 Å². The molecule has 0 radical (unpaired) electrons. The normalized spacial score (nSPS) is 9.53. The molecule has 0 bridgehead atoms. The molecule has 0 saturated carbocycles. The number of aromatic nitrogens is 1. The number of nitrogens with zero attached hydrogens (tertiary/aromatic N) is 1. The van der Waals surface area contributed by atoms with Gasteiger partial charge in [0.15, 0.2) is 17.4 Å². The number of nitrogens with one attached hydrogen (secondary N) is 1. The number of ether oxygens (including phenoxy) is 1. The van der Waals surface area contributed by atoms with Crippen LogP contribution in [0.3, 0.4) is 0 Å². The fourth-order valence-corrected chi connectivity index (χ4v) is 0.950. The van der Waals surface area contributed by atoms with Gasteiger partial charge in [-0.2, -0.15) is 0 Å². The van der Waals surface area contributed by atoms with Gasteiger partial charge in [0.25, 0.3) is 0 Å². The second-order valence-corrected chi connectivity index (χ2v) is 2.69. The van der Waals surface area contributed by atoms with Gasteiger partial charge in [-0.15, -0.1) is 0 Å². The Morgan fingerprint density at radius 1 is 1.53 bits per heavy atom. The Labute approximate surface area is 85.3 Å². The zero-order valence-corrected chi connectivity index (χ0v) is 8.20. The minimum atomic E-state index is -0.865. The van der Waals surface area contributed by atoms with Crippen LogP contribution in [0.1, 0.15) is 17.3 Å². The number of carbonyl (C=O) groups excluding carboxylic acids is 2. The molecule has 0 aromatic carbocycles. The van der Waals surface area contributed by atoms with E-state index in [0.717, 1.165) is 7.11 Å². The fraction of sp³-hybridized carbons (Fsp3) is 0.222. The third-order valence-corrected chi connectivity index (χ3v) is 1.67. The summed E-state index contributed by atoms with van der Waals surface area (Å²) < 4.78 is 17.7. The molecular formula is C9H9FN2O3. The smallest absolute Gasteiger partial charge is 0.412 e. The van der Waals surface area contributed by atoms with Gasteiger partial charge >= 0.3 is 6.09 Å². The Hall–Kier alpha value is -1.98. The van der Waals surface area contributed by atoms with Crippen molar-refractivity contribution in [3.63, 3.8) is 0 Å². The first kappa shape index (κ1) is 11.1. The van der Waals surface area contributed by atoms with Gasteiger partial charge in [0.2, 0.25) is 0 Å². The van der Waals surface area contributed by atoms with Crippen LogP contribution in [0.4, 0.5) is 15.0 Å². The molecule has 1 N–H and O–H groups in total.